The third-order valence-corrected chi connectivity index (χ3v) is 4.43. The normalized spacial score (nSPS) is 20.3. The van der Waals surface area contributed by atoms with Gasteiger partial charge in [-0.25, -0.2) is 0 Å². The van der Waals surface area contributed by atoms with Crippen molar-refractivity contribution in [3.05, 3.63) is 34.4 Å². The highest BCUT2D eigenvalue weighted by molar-refractivity contribution is 5.38. The van der Waals surface area contributed by atoms with E-state index in [2.05, 4.69) is 45.1 Å². The van der Waals surface area contributed by atoms with Crippen LogP contribution in [-0.2, 0) is 11.2 Å². The first-order chi connectivity index (χ1) is 9.60. The smallest absolute Gasteiger partial charge is 0.0495 e. The summed E-state index contributed by atoms with van der Waals surface area (Å²) >= 11 is 0. The Morgan fingerprint density at radius 1 is 1.25 bits per heavy atom. The number of ether oxygens (including phenoxy) is 1. The second-order valence-electron chi connectivity index (χ2n) is 6.30. The van der Waals surface area contributed by atoms with Crippen LogP contribution < -0.4 is 5.32 Å². The molecule has 20 heavy (non-hydrogen) atoms. The van der Waals surface area contributed by atoms with E-state index in [4.69, 9.17) is 4.74 Å². The lowest BCUT2D eigenvalue weighted by Crippen LogP contribution is -2.33. The van der Waals surface area contributed by atoms with E-state index in [1.807, 2.05) is 0 Å². The molecule has 1 aliphatic heterocycles. The first-order valence-electron chi connectivity index (χ1n) is 7.98. The minimum Gasteiger partial charge on any atom is -0.381 e. The average Bonchev–Trinajstić information content (AvgIpc) is 2.86. The predicted molar refractivity (Wildman–Crippen MR) is 85.4 cm³/mol. The van der Waals surface area contributed by atoms with Gasteiger partial charge in [-0.3, -0.25) is 0 Å². The molecule has 2 rings (SSSR count). The lowest BCUT2D eigenvalue weighted by molar-refractivity contribution is 0.181. The van der Waals surface area contributed by atoms with Gasteiger partial charge < -0.3 is 10.1 Å². The molecule has 0 amide bonds. The summed E-state index contributed by atoms with van der Waals surface area (Å²) in [7, 11) is 0. The Labute approximate surface area is 123 Å². The van der Waals surface area contributed by atoms with Crippen LogP contribution in [0.1, 0.15) is 42.0 Å². The average molecular weight is 275 g/mol. The van der Waals surface area contributed by atoms with Gasteiger partial charge in [-0.1, -0.05) is 24.6 Å². The van der Waals surface area contributed by atoms with Crippen molar-refractivity contribution in [2.24, 2.45) is 5.92 Å². The Balaban J connectivity index is 2.07. The van der Waals surface area contributed by atoms with E-state index in [0.29, 0.717) is 6.04 Å². The van der Waals surface area contributed by atoms with E-state index >= 15 is 0 Å². The molecule has 2 unspecified atom stereocenters. The van der Waals surface area contributed by atoms with Gasteiger partial charge in [0.15, 0.2) is 0 Å². The number of nitrogens with one attached hydrogen (secondary N) is 1. The number of benzene rings is 1. The molecule has 2 heteroatoms. The molecule has 0 saturated carbocycles. The Morgan fingerprint density at radius 2 is 1.95 bits per heavy atom. The Hall–Kier alpha value is -0.860. The predicted octanol–water partition coefficient (Wildman–Crippen LogP) is 3.56. The zero-order chi connectivity index (χ0) is 14.5. The minimum atomic E-state index is 0.576. The molecular formula is C18H29NO. The highest BCUT2D eigenvalue weighted by Crippen LogP contribution is 2.23. The Bertz CT molecular complexity index is 412. The van der Waals surface area contributed by atoms with E-state index < -0.39 is 0 Å². The van der Waals surface area contributed by atoms with Crippen LogP contribution in [0.15, 0.2) is 12.1 Å². The second-order valence-corrected chi connectivity index (χ2v) is 6.30. The molecule has 1 aliphatic rings. The summed E-state index contributed by atoms with van der Waals surface area (Å²) in [4.78, 5) is 0. The van der Waals surface area contributed by atoms with E-state index in [-0.39, 0.29) is 0 Å². The molecule has 112 valence electrons. The van der Waals surface area contributed by atoms with Gasteiger partial charge in [-0.2, -0.15) is 0 Å². The molecule has 0 bridgehead atoms. The third kappa shape index (κ3) is 4.07. The van der Waals surface area contributed by atoms with Crippen LogP contribution in [0.3, 0.4) is 0 Å². The molecule has 0 radical (unpaired) electrons. The molecule has 0 spiro atoms. The first-order valence-corrected chi connectivity index (χ1v) is 7.98. The van der Waals surface area contributed by atoms with Crippen LogP contribution in [0, 0.1) is 26.7 Å². The van der Waals surface area contributed by atoms with E-state index in [0.717, 1.165) is 32.1 Å². The fraction of sp³-hybridized carbons (Fsp3) is 0.667. The molecule has 2 atom stereocenters. The molecule has 1 heterocycles. The number of likely N-dealkylation sites (N-methyl/N-ethyl adjacent to an activating group) is 1. The van der Waals surface area contributed by atoms with Gasteiger partial charge in [0.1, 0.15) is 0 Å². The summed E-state index contributed by atoms with van der Waals surface area (Å²) < 4.78 is 5.52. The molecular weight excluding hydrogens is 246 g/mol. The van der Waals surface area contributed by atoms with Crippen molar-refractivity contribution in [3.8, 4) is 0 Å². The summed E-state index contributed by atoms with van der Waals surface area (Å²) in [5, 5.41) is 3.67. The van der Waals surface area contributed by atoms with Gasteiger partial charge in [-0.05, 0) is 69.2 Å². The van der Waals surface area contributed by atoms with Gasteiger partial charge in [0.05, 0.1) is 0 Å². The zero-order valence-electron chi connectivity index (χ0n) is 13.5. The topological polar surface area (TPSA) is 21.3 Å². The minimum absolute atomic E-state index is 0.576. The van der Waals surface area contributed by atoms with Crippen LogP contribution in [0.4, 0.5) is 0 Å². The molecule has 1 fully saturated rings. The highest BCUT2D eigenvalue weighted by atomic mass is 16.5. The standard InChI is InChI=1S/C18H29NO/c1-5-19-17(10-16-6-7-20-12-16)11-18-14(3)8-13(2)9-15(18)4/h8-9,16-17,19H,5-7,10-12H2,1-4H3. The van der Waals surface area contributed by atoms with Crippen LogP contribution in [0.2, 0.25) is 0 Å². The molecule has 0 aliphatic carbocycles. The fourth-order valence-corrected chi connectivity index (χ4v) is 3.48. The maximum atomic E-state index is 5.52. The lowest BCUT2D eigenvalue weighted by atomic mass is 9.90. The van der Waals surface area contributed by atoms with Gasteiger partial charge in [0, 0.05) is 19.3 Å². The fourth-order valence-electron chi connectivity index (χ4n) is 3.48. The summed E-state index contributed by atoms with van der Waals surface area (Å²) in [6, 6.07) is 5.19. The van der Waals surface area contributed by atoms with Crippen LogP contribution in [0.5, 0.6) is 0 Å². The summed E-state index contributed by atoms with van der Waals surface area (Å²) in [5.74, 6) is 0.741. The summed E-state index contributed by atoms with van der Waals surface area (Å²) in [5.41, 5.74) is 5.77. The maximum Gasteiger partial charge on any atom is 0.0495 e. The van der Waals surface area contributed by atoms with Crippen molar-refractivity contribution >= 4 is 0 Å². The number of rotatable bonds is 6. The molecule has 1 N–H and O–H groups in total. The van der Waals surface area contributed by atoms with Crippen molar-refractivity contribution in [2.75, 3.05) is 19.8 Å². The zero-order valence-corrected chi connectivity index (χ0v) is 13.5. The Kier molecular flexibility index (Phi) is 5.62. The second kappa shape index (κ2) is 7.24. The van der Waals surface area contributed by atoms with E-state index in [1.165, 1.54) is 35.1 Å². The molecule has 0 aromatic heterocycles. The van der Waals surface area contributed by atoms with Crippen LogP contribution >= 0.6 is 0 Å². The number of aryl methyl sites for hydroxylation is 3. The van der Waals surface area contributed by atoms with Crippen molar-refractivity contribution in [2.45, 2.75) is 53.0 Å². The SMILES string of the molecule is CCNC(Cc1c(C)cc(C)cc1C)CC1CCOC1. The van der Waals surface area contributed by atoms with Crippen molar-refractivity contribution in [1.82, 2.24) is 5.32 Å². The highest BCUT2D eigenvalue weighted by Gasteiger charge is 2.21. The first kappa shape index (κ1) is 15.5. The molecule has 1 aromatic carbocycles. The van der Waals surface area contributed by atoms with E-state index in [9.17, 15) is 0 Å². The van der Waals surface area contributed by atoms with Crippen LogP contribution in [-0.4, -0.2) is 25.8 Å². The van der Waals surface area contributed by atoms with Crippen molar-refractivity contribution < 1.29 is 4.74 Å². The largest absolute Gasteiger partial charge is 0.381 e. The molecule has 1 aromatic rings. The summed E-state index contributed by atoms with van der Waals surface area (Å²) in [6.07, 6.45) is 3.61. The van der Waals surface area contributed by atoms with Crippen molar-refractivity contribution in [1.29, 1.82) is 0 Å². The van der Waals surface area contributed by atoms with E-state index in [1.54, 1.807) is 0 Å². The Morgan fingerprint density at radius 3 is 2.50 bits per heavy atom. The van der Waals surface area contributed by atoms with Gasteiger partial charge in [0.25, 0.3) is 0 Å². The van der Waals surface area contributed by atoms with Crippen LogP contribution in [0.25, 0.3) is 0 Å². The third-order valence-electron chi connectivity index (χ3n) is 4.43. The lowest BCUT2D eigenvalue weighted by Gasteiger charge is -2.23. The summed E-state index contributed by atoms with van der Waals surface area (Å²) in [6.45, 7) is 11.8. The van der Waals surface area contributed by atoms with Gasteiger partial charge >= 0.3 is 0 Å². The number of hydrogen-bond acceptors (Lipinski definition) is 2. The molecule has 1 saturated heterocycles. The van der Waals surface area contributed by atoms with Crippen molar-refractivity contribution in [3.63, 3.8) is 0 Å². The molecule has 2 nitrogen and oxygen atoms in total. The number of hydrogen-bond donors (Lipinski definition) is 1. The quantitative estimate of drug-likeness (QED) is 0.857. The maximum absolute atomic E-state index is 5.52. The van der Waals surface area contributed by atoms with Gasteiger partial charge in [-0.15, -0.1) is 0 Å². The van der Waals surface area contributed by atoms with Gasteiger partial charge in [0.2, 0.25) is 0 Å². The monoisotopic (exact) mass is 275 g/mol.